The van der Waals surface area contributed by atoms with Crippen LogP contribution >= 0.6 is 23.1 Å². The number of hydrogen-bond acceptors (Lipinski definition) is 12. The molecule has 2 aliphatic rings. The molecule has 0 aliphatic carbocycles. The molecule has 3 heterocycles. The molecule has 34 heavy (non-hydrogen) atoms. The van der Waals surface area contributed by atoms with Gasteiger partial charge in [0.15, 0.2) is 10.8 Å². The standard InChI is InChI=1S/C20H25N5O7S2/c1-9-6-33-16-12(23-14(26)11(24-30-5)10-7-34-19(21)22-10)15(27)25(16)13(9)17(28)31-8-32-18(29)20(2,3)4/h7,12,16H,6,8H2,1-5H3,(H2,21,22)(H,23,26). The monoisotopic (exact) mass is 511 g/mol. The molecule has 3 rings (SSSR count). The molecule has 2 amide bonds. The molecule has 0 saturated carbocycles. The number of hydrogen-bond donors (Lipinski definition) is 2. The highest BCUT2D eigenvalue weighted by Gasteiger charge is 2.54. The van der Waals surface area contributed by atoms with Gasteiger partial charge < -0.3 is 25.4 Å². The SMILES string of the molecule is CON=C(C(=O)NC1C(=O)N2C(C(=O)OCOC(=O)C(C)(C)C)=C(C)CSC12)c1csc(N)n1. The molecule has 0 spiro atoms. The molecule has 1 fully saturated rings. The van der Waals surface area contributed by atoms with Crippen molar-refractivity contribution in [3.63, 3.8) is 0 Å². The third-order valence-corrected chi connectivity index (χ3v) is 6.89. The van der Waals surface area contributed by atoms with Crippen molar-refractivity contribution < 1.29 is 33.5 Å². The van der Waals surface area contributed by atoms with Crippen molar-refractivity contribution in [2.75, 3.05) is 25.4 Å². The molecule has 14 heteroatoms. The van der Waals surface area contributed by atoms with Crippen LogP contribution in [0.25, 0.3) is 0 Å². The third kappa shape index (κ3) is 5.17. The van der Waals surface area contributed by atoms with E-state index in [-0.39, 0.29) is 22.2 Å². The van der Waals surface area contributed by atoms with Crippen LogP contribution in [0.15, 0.2) is 21.8 Å². The summed E-state index contributed by atoms with van der Waals surface area (Å²) in [5.41, 5.74) is 5.67. The van der Waals surface area contributed by atoms with Crippen molar-refractivity contribution in [2.45, 2.75) is 39.1 Å². The van der Waals surface area contributed by atoms with Gasteiger partial charge in [0.2, 0.25) is 6.79 Å². The number of nitrogens with two attached hydrogens (primary N) is 1. The molecule has 3 N–H and O–H groups in total. The summed E-state index contributed by atoms with van der Waals surface area (Å²) in [6.07, 6.45) is 0. The summed E-state index contributed by atoms with van der Waals surface area (Å²) in [4.78, 5) is 60.3. The van der Waals surface area contributed by atoms with E-state index in [9.17, 15) is 19.2 Å². The molecule has 0 radical (unpaired) electrons. The van der Waals surface area contributed by atoms with E-state index in [2.05, 4.69) is 15.5 Å². The Bertz CT molecular complexity index is 1080. The second-order valence-corrected chi connectivity index (χ2v) is 10.4. The van der Waals surface area contributed by atoms with E-state index in [4.69, 9.17) is 20.0 Å². The van der Waals surface area contributed by atoms with Gasteiger partial charge in [-0.3, -0.25) is 19.3 Å². The lowest BCUT2D eigenvalue weighted by atomic mass is 9.98. The fourth-order valence-electron chi connectivity index (χ4n) is 3.09. The van der Waals surface area contributed by atoms with Crippen LogP contribution in [0.1, 0.15) is 33.4 Å². The Hall–Kier alpha value is -3.13. The van der Waals surface area contributed by atoms with Gasteiger partial charge in [0.25, 0.3) is 11.8 Å². The molecule has 1 aromatic rings. The van der Waals surface area contributed by atoms with E-state index in [1.54, 1.807) is 33.1 Å². The van der Waals surface area contributed by atoms with Gasteiger partial charge in [-0.1, -0.05) is 5.16 Å². The lowest BCUT2D eigenvalue weighted by molar-refractivity contribution is -0.173. The zero-order valence-corrected chi connectivity index (χ0v) is 20.9. The lowest BCUT2D eigenvalue weighted by Crippen LogP contribution is -2.71. The Kier molecular flexibility index (Phi) is 7.51. The van der Waals surface area contributed by atoms with Gasteiger partial charge in [-0.25, -0.2) is 9.78 Å². The second kappa shape index (κ2) is 10.0. The van der Waals surface area contributed by atoms with Crippen LogP contribution in [0.4, 0.5) is 5.13 Å². The van der Waals surface area contributed by atoms with Gasteiger partial charge >= 0.3 is 11.9 Å². The normalized spacial score (nSPS) is 20.3. The zero-order chi connectivity index (χ0) is 25.2. The average Bonchev–Trinajstić information content (AvgIpc) is 3.20. The third-order valence-electron chi connectivity index (χ3n) is 4.79. The first-order valence-electron chi connectivity index (χ1n) is 10.1. The van der Waals surface area contributed by atoms with Crippen molar-refractivity contribution in [2.24, 2.45) is 10.6 Å². The average molecular weight is 512 g/mol. The number of nitrogen functional groups attached to an aromatic ring is 1. The first-order chi connectivity index (χ1) is 16.0. The number of thiazole rings is 1. The van der Waals surface area contributed by atoms with Crippen LogP contribution in [0.5, 0.6) is 0 Å². The van der Waals surface area contributed by atoms with Crippen LogP contribution < -0.4 is 11.1 Å². The molecule has 0 bridgehead atoms. The summed E-state index contributed by atoms with van der Waals surface area (Å²) in [5, 5.41) is 7.60. The number of esters is 2. The molecular weight excluding hydrogens is 486 g/mol. The van der Waals surface area contributed by atoms with Crippen molar-refractivity contribution in [1.82, 2.24) is 15.2 Å². The Labute approximate surface area is 203 Å². The minimum absolute atomic E-state index is 0.0733. The number of anilines is 1. The topological polar surface area (TPSA) is 163 Å². The van der Waals surface area contributed by atoms with Gasteiger partial charge in [-0.15, -0.1) is 23.1 Å². The number of aromatic nitrogens is 1. The largest absolute Gasteiger partial charge is 0.427 e. The van der Waals surface area contributed by atoms with Crippen molar-refractivity contribution in [1.29, 1.82) is 0 Å². The summed E-state index contributed by atoms with van der Waals surface area (Å²) >= 11 is 2.52. The molecule has 0 aromatic carbocycles. The minimum atomic E-state index is -0.898. The zero-order valence-electron chi connectivity index (χ0n) is 19.2. The van der Waals surface area contributed by atoms with Crippen LogP contribution in [0.3, 0.4) is 0 Å². The first kappa shape index (κ1) is 25.5. The number of oxime groups is 1. The number of nitrogens with one attached hydrogen (secondary N) is 1. The molecule has 184 valence electrons. The number of rotatable bonds is 7. The summed E-state index contributed by atoms with van der Waals surface area (Å²) in [6.45, 7) is 6.15. The summed E-state index contributed by atoms with van der Waals surface area (Å²) in [5.74, 6) is -2.04. The van der Waals surface area contributed by atoms with Gasteiger partial charge in [0, 0.05) is 11.1 Å². The van der Waals surface area contributed by atoms with Gasteiger partial charge in [-0.2, -0.15) is 0 Å². The van der Waals surface area contributed by atoms with E-state index >= 15 is 0 Å². The minimum Gasteiger partial charge on any atom is -0.427 e. The molecule has 2 atom stereocenters. The van der Waals surface area contributed by atoms with Crippen LogP contribution in [-0.2, 0) is 33.5 Å². The number of carbonyl (C=O) groups is 4. The predicted molar refractivity (Wildman–Crippen MR) is 124 cm³/mol. The Balaban J connectivity index is 1.66. The number of fused-ring (bicyclic) bond motifs is 1. The van der Waals surface area contributed by atoms with E-state index in [0.29, 0.717) is 11.3 Å². The fraction of sp³-hybridized carbons (Fsp3) is 0.500. The Morgan fingerprint density at radius 2 is 2.03 bits per heavy atom. The summed E-state index contributed by atoms with van der Waals surface area (Å²) in [7, 11) is 1.28. The molecule has 1 aromatic heterocycles. The number of carbonyl (C=O) groups excluding carboxylic acids is 4. The molecule has 2 unspecified atom stereocenters. The maximum absolute atomic E-state index is 12.9. The Morgan fingerprint density at radius 3 is 2.62 bits per heavy atom. The number of β-lactam (4-membered cyclic amide) rings is 1. The van der Waals surface area contributed by atoms with Gasteiger partial charge in [0.05, 0.1) is 5.41 Å². The van der Waals surface area contributed by atoms with E-state index in [0.717, 1.165) is 11.3 Å². The summed E-state index contributed by atoms with van der Waals surface area (Å²) in [6, 6.07) is -0.898. The molecule has 1 saturated heterocycles. The van der Waals surface area contributed by atoms with E-state index in [1.165, 1.54) is 23.8 Å². The summed E-state index contributed by atoms with van der Waals surface area (Å²) < 4.78 is 10.0. The smallest absolute Gasteiger partial charge is 0.357 e. The van der Waals surface area contributed by atoms with Crippen molar-refractivity contribution in [3.05, 3.63) is 22.3 Å². The molecular formula is C20H25N5O7S2. The van der Waals surface area contributed by atoms with E-state index in [1.807, 2.05) is 0 Å². The molecule has 12 nitrogen and oxygen atoms in total. The number of thioether (sulfide) groups is 1. The quantitative estimate of drug-likeness (QED) is 0.176. The van der Waals surface area contributed by atoms with Gasteiger partial charge in [0.1, 0.15) is 29.9 Å². The number of amides is 2. The first-order valence-corrected chi connectivity index (χ1v) is 12.0. The highest BCUT2D eigenvalue weighted by molar-refractivity contribution is 8.00. The van der Waals surface area contributed by atoms with Crippen molar-refractivity contribution in [3.8, 4) is 0 Å². The van der Waals surface area contributed by atoms with Crippen LogP contribution in [-0.4, -0.2) is 70.4 Å². The van der Waals surface area contributed by atoms with E-state index < -0.39 is 47.4 Å². The fourth-order valence-corrected chi connectivity index (χ4v) is 4.93. The maximum atomic E-state index is 12.9. The lowest BCUT2D eigenvalue weighted by Gasteiger charge is -2.49. The molecule has 2 aliphatic heterocycles. The van der Waals surface area contributed by atoms with Crippen LogP contribution in [0, 0.1) is 5.41 Å². The number of ether oxygens (including phenoxy) is 2. The Morgan fingerprint density at radius 1 is 1.32 bits per heavy atom. The van der Waals surface area contributed by atoms with Crippen molar-refractivity contribution >= 4 is 57.7 Å². The second-order valence-electron chi connectivity index (χ2n) is 8.41. The predicted octanol–water partition coefficient (Wildman–Crippen LogP) is 0.840. The number of nitrogens with zero attached hydrogens (tertiary/aromatic N) is 3. The van der Waals surface area contributed by atoms with Crippen LogP contribution in [0.2, 0.25) is 0 Å². The highest BCUT2D eigenvalue weighted by Crippen LogP contribution is 2.40. The maximum Gasteiger partial charge on any atom is 0.357 e. The highest BCUT2D eigenvalue weighted by atomic mass is 32.2. The van der Waals surface area contributed by atoms with Gasteiger partial charge in [-0.05, 0) is 33.3 Å².